The summed E-state index contributed by atoms with van der Waals surface area (Å²) in [6.45, 7) is 0. The van der Waals surface area contributed by atoms with Crippen molar-refractivity contribution in [3.8, 4) is 23.2 Å². The van der Waals surface area contributed by atoms with Crippen LogP contribution in [0.1, 0.15) is 5.69 Å². The molecule has 0 unspecified atom stereocenters. The molecule has 0 spiro atoms. The average Bonchev–Trinajstić information content (AvgIpc) is 2.87. The fourth-order valence-corrected chi connectivity index (χ4v) is 2.17. The van der Waals surface area contributed by atoms with Crippen molar-refractivity contribution in [1.82, 2.24) is 9.38 Å². The van der Waals surface area contributed by atoms with Crippen LogP contribution in [-0.4, -0.2) is 16.5 Å². The number of fused-ring (bicyclic) bond motifs is 1. The number of hydrogen-bond acceptors (Lipinski definition) is 4. The van der Waals surface area contributed by atoms with Gasteiger partial charge in [-0.2, -0.15) is 5.26 Å². The average molecular weight is 264 g/mol. The van der Waals surface area contributed by atoms with Crippen LogP contribution in [0.4, 0.5) is 5.69 Å². The number of nitrogen functional groups attached to an aromatic ring is 1. The second-order valence-electron chi connectivity index (χ2n) is 4.31. The molecule has 0 aliphatic heterocycles. The lowest BCUT2D eigenvalue weighted by molar-refractivity contribution is 0.417. The van der Waals surface area contributed by atoms with Crippen LogP contribution in [0.25, 0.3) is 16.9 Å². The summed E-state index contributed by atoms with van der Waals surface area (Å²) in [6.07, 6.45) is 1.88. The van der Waals surface area contributed by atoms with Gasteiger partial charge in [-0.3, -0.25) is 4.40 Å². The standard InChI is InChI=1S/C15H12N4O/c1-20-14-8-10(5-6-11(14)17)15-18-12(9-16)13-4-2-3-7-19(13)15/h2-8H,17H2,1H3. The Kier molecular flexibility index (Phi) is 2.77. The summed E-state index contributed by atoms with van der Waals surface area (Å²) in [5.41, 5.74) is 8.41. The topological polar surface area (TPSA) is 76.3 Å². The number of hydrogen-bond donors (Lipinski definition) is 1. The van der Waals surface area contributed by atoms with Crippen molar-refractivity contribution in [2.75, 3.05) is 12.8 Å². The fraction of sp³-hybridized carbons (Fsp3) is 0.0667. The van der Waals surface area contributed by atoms with E-state index in [9.17, 15) is 5.26 Å². The molecule has 0 atom stereocenters. The van der Waals surface area contributed by atoms with Gasteiger partial charge in [0.05, 0.1) is 18.3 Å². The molecule has 2 aromatic heterocycles. The zero-order valence-electron chi connectivity index (χ0n) is 10.9. The van der Waals surface area contributed by atoms with E-state index in [1.54, 1.807) is 13.2 Å². The number of nitrogens with zero attached hydrogens (tertiary/aromatic N) is 3. The smallest absolute Gasteiger partial charge is 0.166 e. The van der Waals surface area contributed by atoms with Gasteiger partial charge in [-0.05, 0) is 30.3 Å². The third-order valence-electron chi connectivity index (χ3n) is 3.15. The van der Waals surface area contributed by atoms with Gasteiger partial charge in [0.15, 0.2) is 5.69 Å². The Morgan fingerprint density at radius 1 is 1.30 bits per heavy atom. The number of anilines is 1. The van der Waals surface area contributed by atoms with Crippen molar-refractivity contribution in [3.63, 3.8) is 0 Å². The number of imidazole rings is 1. The molecule has 5 nitrogen and oxygen atoms in total. The van der Waals surface area contributed by atoms with Gasteiger partial charge in [-0.1, -0.05) is 6.07 Å². The zero-order valence-corrected chi connectivity index (χ0v) is 10.9. The molecule has 0 bridgehead atoms. The predicted octanol–water partition coefficient (Wildman–Crippen LogP) is 2.46. The van der Waals surface area contributed by atoms with Gasteiger partial charge in [0.2, 0.25) is 0 Å². The van der Waals surface area contributed by atoms with Gasteiger partial charge < -0.3 is 10.5 Å². The highest BCUT2D eigenvalue weighted by atomic mass is 16.5. The van der Waals surface area contributed by atoms with Crippen molar-refractivity contribution >= 4 is 11.2 Å². The van der Waals surface area contributed by atoms with Gasteiger partial charge in [0, 0.05) is 11.8 Å². The van der Waals surface area contributed by atoms with Crippen LogP contribution in [0.2, 0.25) is 0 Å². The molecule has 0 fully saturated rings. The SMILES string of the molecule is COc1cc(-c2nc(C#N)c3ccccn23)ccc1N. The first kappa shape index (κ1) is 12.1. The van der Waals surface area contributed by atoms with Crippen LogP contribution >= 0.6 is 0 Å². The monoisotopic (exact) mass is 264 g/mol. The molecule has 0 saturated heterocycles. The van der Waals surface area contributed by atoms with E-state index in [1.807, 2.05) is 40.9 Å². The highest BCUT2D eigenvalue weighted by Gasteiger charge is 2.13. The Hall–Kier alpha value is -3.00. The van der Waals surface area contributed by atoms with Gasteiger partial charge in [0.25, 0.3) is 0 Å². The van der Waals surface area contributed by atoms with E-state index in [1.165, 1.54) is 0 Å². The Labute approximate surface area is 115 Å². The van der Waals surface area contributed by atoms with Gasteiger partial charge in [-0.15, -0.1) is 0 Å². The Morgan fingerprint density at radius 2 is 2.15 bits per heavy atom. The van der Waals surface area contributed by atoms with E-state index >= 15 is 0 Å². The molecule has 2 N–H and O–H groups in total. The fourth-order valence-electron chi connectivity index (χ4n) is 2.17. The molecule has 5 heteroatoms. The van der Waals surface area contributed by atoms with E-state index in [-0.39, 0.29) is 0 Å². The van der Waals surface area contributed by atoms with Gasteiger partial charge in [0.1, 0.15) is 17.6 Å². The number of ether oxygens (including phenoxy) is 1. The van der Waals surface area contributed by atoms with E-state index in [0.717, 1.165) is 11.1 Å². The molecule has 0 amide bonds. The summed E-state index contributed by atoms with van der Waals surface area (Å²) in [6, 6.07) is 13.2. The largest absolute Gasteiger partial charge is 0.495 e. The maximum absolute atomic E-state index is 9.17. The number of nitrogens with two attached hydrogens (primary N) is 1. The molecule has 2 heterocycles. The lowest BCUT2D eigenvalue weighted by Gasteiger charge is -2.06. The highest BCUT2D eigenvalue weighted by molar-refractivity contribution is 5.71. The maximum Gasteiger partial charge on any atom is 0.166 e. The Bertz CT molecular complexity index is 829. The number of pyridine rings is 1. The number of nitriles is 1. The molecule has 3 aromatic rings. The lowest BCUT2D eigenvalue weighted by atomic mass is 10.2. The number of rotatable bonds is 2. The highest BCUT2D eigenvalue weighted by Crippen LogP contribution is 2.29. The molecule has 0 aliphatic carbocycles. The minimum Gasteiger partial charge on any atom is -0.495 e. The summed E-state index contributed by atoms with van der Waals surface area (Å²) in [5, 5.41) is 9.17. The molecular weight excluding hydrogens is 252 g/mol. The predicted molar refractivity (Wildman–Crippen MR) is 76.3 cm³/mol. The summed E-state index contributed by atoms with van der Waals surface area (Å²) in [7, 11) is 1.57. The molecule has 0 radical (unpaired) electrons. The normalized spacial score (nSPS) is 10.4. The molecule has 0 aliphatic rings. The van der Waals surface area contributed by atoms with Gasteiger partial charge in [-0.25, -0.2) is 4.98 Å². The molecule has 98 valence electrons. The van der Waals surface area contributed by atoms with Crippen LogP contribution in [0, 0.1) is 11.3 Å². The molecule has 0 saturated carbocycles. The minimum absolute atomic E-state index is 0.399. The minimum atomic E-state index is 0.399. The Morgan fingerprint density at radius 3 is 2.90 bits per heavy atom. The second-order valence-corrected chi connectivity index (χ2v) is 4.31. The van der Waals surface area contributed by atoms with Crippen molar-refractivity contribution in [1.29, 1.82) is 5.26 Å². The molecular formula is C15H12N4O. The number of benzene rings is 1. The summed E-state index contributed by atoms with van der Waals surface area (Å²) in [5.74, 6) is 1.28. The second kappa shape index (κ2) is 4.59. The van der Waals surface area contributed by atoms with Crippen molar-refractivity contribution < 1.29 is 4.74 Å². The van der Waals surface area contributed by atoms with E-state index in [4.69, 9.17) is 10.5 Å². The number of methoxy groups -OCH3 is 1. The Balaban J connectivity index is 2.27. The van der Waals surface area contributed by atoms with Crippen molar-refractivity contribution in [3.05, 3.63) is 48.3 Å². The summed E-state index contributed by atoms with van der Waals surface area (Å²) in [4.78, 5) is 4.39. The first-order valence-electron chi connectivity index (χ1n) is 6.05. The van der Waals surface area contributed by atoms with Crippen molar-refractivity contribution in [2.45, 2.75) is 0 Å². The molecule has 1 aromatic carbocycles. The third-order valence-corrected chi connectivity index (χ3v) is 3.15. The summed E-state index contributed by atoms with van der Waals surface area (Å²) < 4.78 is 7.10. The third kappa shape index (κ3) is 1.75. The first-order valence-corrected chi connectivity index (χ1v) is 6.05. The summed E-state index contributed by atoms with van der Waals surface area (Å²) >= 11 is 0. The van der Waals surface area contributed by atoms with E-state index in [0.29, 0.717) is 23.0 Å². The molecule has 3 rings (SSSR count). The van der Waals surface area contributed by atoms with E-state index < -0.39 is 0 Å². The van der Waals surface area contributed by atoms with Crippen LogP contribution in [0.15, 0.2) is 42.6 Å². The maximum atomic E-state index is 9.17. The van der Waals surface area contributed by atoms with Gasteiger partial charge >= 0.3 is 0 Å². The number of aromatic nitrogens is 2. The molecule has 20 heavy (non-hydrogen) atoms. The van der Waals surface area contributed by atoms with Crippen LogP contribution in [0.5, 0.6) is 5.75 Å². The van der Waals surface area contributed by atoms with Crippen molar-refractivity contribution in [2.24, 2.45) is 0 Å². The van der Waals surface area contributed by atoms with Crippen LogP contribution in [0.3, 0.4) is 0 Å². The van der Waals surface area contributed by atoms with Crippen LogP contribution in [-0.2, 0) is 0 Å². The zero-order chi connectivity index (χ0) is 14.1. The first-order chi connectivity index (χ1) is 9.74. The van der Waals surface area contributed by atoms with Crippen LogP contribution < -0.4 is 10.5 Å². The van der Waals surface area contributed by atoms with E-state index in [2.05, 4.69) is 11.1 Å². The lowest BCUT2D eigenvalue weighted by Crippen LogP contribution is -1.94. The quantitative estimate of drug-likeness (QED) is 0.721.